The number of hydrogen-bond donors (Lipinski definition) is 2. The fourth-order valence-electron chi connectivity index (χ4n) is 4.60. The monoisotopic (exact) mass is 416 g/mol. The zero-order chi connectivity index (χ0) is 17.4. The van der Waals surface area contributed by atoms with E-state index in [1.54, 1.807) is 6.07 Å². The minimum atomic E-state index is -0.276. The first-order valence-electron chi connectivity index (χ1n) is 9.20. The summed E-state index contributed by atoms with van der Waals surface area (Å²) in [6.07, 6.45) is 5.16. The molecule has 2 atom stereocenters. The second-order valence-corrected chi connectivity index (χ2v) is 7.46. The van der Waals surface area contributed by atoms with Gasteiger partial charge in [0.05, 0.1) is 16.4 Å². The molecule has 1 saturated carbocycles. The number of fused-ring (bicyclic) bond motifs is 2. The number of hydrogen-bond acceptors (Lipinski definition) is 3. The number of rotatable bonds is 4. The molecule has 150 valence electrons. The molecule has 2 N–H and O–H groups in total. The van der Waals surface area contributed by atoms with E-state index >= 15 is 0 Å². The Bertz CT molecular complexity index is 812. The van der Waals surface area contributed by atoms with Crippen molar-refractivity contribution in [1.82, 2.24) is 20.2 Å². The van der Waals surface area contributed by atoms with Crippen LogP contribution in [0.25, 0.3) is 11.0 Å². The van der Waals surface area contributed by atoms with Crippen molar-refractivity contribution in [2.45, 2.75) is 32.1 Å². The maximum absolute atomic E-state index is 13.4. The van der Waals surface area contributed by atoms with E-state index < -0.39 is 0 Å². The molecule has 1 aliphatic heterocycles. The number of benzene rings is 1. The van der Waals surface area contributed by atoms with Crippen LogP contribution in [0.5, 0.6) is 0 Å². The summed E-state index contributed by atoms with van der Waals surface area (Å²) in [5, 5.41) is 6.55. The molecular formula is C19H27Cl2FN4O. The van der Waals surface area contributed by atoms with Crippen molar-refractivity contribution in [1.29, 1.82) is 0 Å². The van der Waals surface area contributed by atoms with Gasteiger partial charge in [-0.1, -0.05) is 12.8 Å². The standard InChI is InChI=1S/C19H25FN4O.2ClH/c1-24-16-6-5-14(20)10-15(16)23-17(24)7-9-22-18(25)19-8-3-2-4-13(19)11-21-12-19;;/h5-6,10,13,21H,2-4,7-9,11-12H2,1H3,(H,22,25);2*1H/t13-,19+;;/m0../s1. The average Bonchev–Trinajstić information content (AvgIpc) is 3.17. The third-order valence-electron chi connectivity index (χ3n) is 6.06. The van der Waals surface area contributed by atoms with Gasteiger partial charge < -0.3 is 15.2 Å². The van der Waals surface area contributed by atoms with Gasteiger partial charge in [0.2, 0.25) is 5.91 Å². The highest BCUT2D eigenvalue weighted by Crippen LogP contribution is 2.43. The van der Waals surface area contributed by atoms with Crippen LogP contribution in [0.3, 0.4) is 0 Å². The lowest BCUT2D eigenvalue weighted by Crippen LogP contribution is -2.48. The van der Waals surface area contributed by atoms with Gasteiger partial charge in [-0.25, -0.2) is 9.37 Å². The van der Waals surface area contributed by atoms with E-state index in [4.69, 9.17) is 0 Å². The van der Waals surface area contributed by atoms with E-state index in [2.05, 4.69) is 15.6 Å². The number of aromatic nitrogens is 2. The van der Waals surface area contributed by atoms with E-state index in [1.807, 2.05) is 11.6 Å². The Morgan fingerprint density at radius 3 is 3.04 bits per heavy atom. The van der Waals surface area contributed by atoms with E-state index in [9.17, 15) is 9.18 Å². The minimum Gasteiger partial charge on any atom is -0.355 e. The van der Waals surface area contributed by atoms with Crippen LogP contribution >= 0.6 is 24.8 Å². The van der Waals surface area contributed by atoms with Crippen molar-refractivity contribution in [3.63, 3.8) is 0 Å². The number of nitrogens with zero attached hydrogens (tertiary/aromatic N) is 2. The zero-order valence-corrected chi connectivity index (χ0v) is 17.1. The highest BCUT2D eigenvalue weighted by molar-refractivity contribution is 5.85. The lowest BCUT2D eigenvalue weighted by Gasteiger charge is -2.37. The SMILES string of the molecule is Cl.Cl.Cn1c(CCNC(=O)[C@@]23CCCC[C@H]2CNC3)nc2cc(F)ccc21. The lowest BCUT2D eigenvalue weighted by atomic mass is 9.67. The summed E-state index contributed by atoms with van der Waals surface area (Å²) >= 11 is 0. The molecule has 8 heteroatoms. The van der Waals surface area contributed by atoms with Crippen molar-refractivity contribution in [2.75, 3.05) is 19.6 Å². The molecule has 1 aromatic heterocycles. The van der Waals surface area contributed by atoms with Crippen LogP contribution in [0.1, 0.15) is 31.5 Å². The van der Waals surface area contributed by atoms with Crippen LogP contribution < -0.4 is 10.6 Å². The van der Waals surface area contributed by atoms with Gasteiger partial charge in [-0.05, 0) is 37.4 Å². The summed E-state index contributed by atoms with van der Waals surface area (Å²) in [5.41, 5.74) is 1.36. The normalized spacial score (nSPS) is 24.0. The van der Waals surface area contributed by atoms with Crippen molar-refractivity contribution >= 4 is 41.8 Å². The number of nitrogens with one attached hydrogen (secondary N) is 2. The lowest BCUT2D eigenvalue weighted by molar-refractivity contribution is -0.133. The summed E-state index contributed by atoms with van der Waals surface area (Å²) in [6, 6.07) is 4.65. The summed E-state index contributed by atoms with van der Waals surface area (Å²) in [6.45, 7) is 2.33. The van der Waals surface area contributed by atoms with E-state index in [0.717, 1.165) is 43.7 Å². The highest BCUT2D eigenvalue weighted by Gasteiger charge is 2.49. The van der Waals surface area contributed by atoms with Crippen molar-refractivity contribution in [2.24, 2.45) is 18.4 Å². The Morgan fingerprint density at radius 2 is 2.22 bits per heavy atom. The molecular weight excluding hydrogens is 390 g/mol. The molecule has 2 aromatic rings. The summed E-state index contributed by atoms with van der Waals surface area (Å²) < 4.78 is 15.3. The number of carbonyl (C=O) groups excluding carboxylic acids is 1. The Labute approximate surface area is 171 Å². The molecule has 5 nitrogen and oxygen atoms in total. The third kappa shape index (κ3) is 3.93. The van der Waals surface area contributed by atoms with E-state index in [1.165, 1.54) is 18.6 Å². The molecule has 0 unspecified atom stereocenters. The molecule has 0 radical (unpaired) electrons. The number of imidazole rings is 1. The van der Waals surface area contributed by atoms with Crippen molar-refractivity contribution < 1.29 is 9.18 Å². The fourth-order valence-corrected chi connectivity index (χ4v) is 4.60. The summed E-state index contributed by atoms with van der Waals surface area (Å²) in [4.78, 5) is 17.4. The predicted octanol–water partition coefficient (Wildman–Crippen LogP) is 2.99. The first-order valence-corrected chi connectivity index (χ1v) is 9.20. The maximum atomic E-state index is 13.4. The summed E-state index contributed by atoms with van der Waals surface area (Å²) in [5.74, 6) is 1.25. The smallest absolute Gasteiger partial charge is 0.227 e. The topological polar surface area (TPSA) is 59.0 Å². The van der Waals surface area contributed by atoms with Gasteiger partial charge >= 0.3 is 0 Å². The molecule has 27 heavy (non-hydrogen) atoms. The van der Waals surface area contributed by atoms with Gasteiger partial charge in [0.15, 0.2) is 0 Å². The molecule has 2 aliphatic rings. The molecule has 1 aromatic carbocycles. The Hall–Kier alpha value is -1.37. The number of carbonyl (C=O) groups is 1. The molecule has 2 heterocycles. The summed E-state index contributed by atoms with van der Waals surface area (Å²) in [7, 11) is 1.93. The fraction of sp³-hybridized carbons (Fsp3) is 0.579. The third-order valence-corrected chi connectivity index (χ3v) is 6.06. The van der Waals surface area contributed by atoms with Crippen LogP contribution in [0.15, 0.2) is 18.2 Å². The van der Waals surface area contributed by atoms with Crippen LogP contribution in [-0.2, 0) is 18.3 Å². The molecule has 1 saturated heterocycles. The van der Waals surface area contributed by atoms with Gasteiger partial charge in [0.1, 0.15) is 11.6 Å². The Morgan fingerprint density at radius 1 is 1.41 bits per heavy atom. The molecule has 2 fully saturated rings. The van der Waals surface area contributed by atoms with Crippen LogP contribution in [-0.4, -0.2) is 35.1 Å². The van der Waals surface area contributed by atoms with Gasteiger partial charge in [0.25, 0.3) is 0 Å². The first-order chi connectivity index (χ1) is 12.1. The number of halogens is 3. The van der Waals surface area contributed by atoms with Crippen molar-refractivity contribution in [3.05, 3.63) is 29.8 Å². The Kier molecular flexibility index (Phi) is 7.11. The molecule has 1 aliphatic carbocycles. The molecule has 0 bridgehead atoms. The van der Waals surface area contributed by atoms with Crippen LogP contribution in [0.2, 0.25) is 0 Å². The highest BCUT2D eigenvalue weighted by atomic mass is 35.5. The van der Waals surface area contributed by atoms with Crippen LogP contribution in [0, 0.1) is 17.2 Å². The van der Waals surface area contributed by atoms with Crippen molar-refractivity contribution in [3.8, 4) is 0 Å². The maximum Gasteiger partial charge on any atom is 0.227 e. The zero-order valence-electron chi connectivity index (χ0n) is 15.5. The van der Waals surface area contributed by atoms with Crippen LogP contribution in [0.4, 0.5) is 4.39 Å². The second kappa shape index (κ2) is 8.76. The van der Waals surface area contributed by atoms with Gasteiger partial charge in [-0.3, -0.25) is 4.79 Å². The van der Waals surface area contributed by atoms with Gasteiger partial charge in [0, 0.05) is 32.6 Å². The number of aryl methyl sites for hydroxylation is 1. The quantitative estimate of drug-likeness (QED) is 0.804. The molecule has 0 spiro atoms. The largest absolute Gasteiger partial charge is 0.355 e. The predicted molar refractivity (Wildman–Crippen MR) is 109 cm³/mol. The van der Waals surface area contributed by atoms with Gasteiger partial charge in [-0.2, -0.15) is 0 Å². The van der Waals surface area contributed by atoms with Gasteiger partial charge in [-0.15, -0.1) is 24.8 Å². The average molecular weight is 417 g/mol. The number of amides is 1. The molecule has 1 amide bonds. The Balaban J connectivity index is 0.00000131. The van der Waals surface area contributed by atoms with E-state index in [-0.39, 0.29) is 42.0 Å². The molecule has 4 rings (SSSR count). The van der Waals surface area contributed by atoms with E-state index in [0.29, 0.717) is 24.4 Å². The first kappa shape index (κ1) is 21.9. The second-order valence-electron chi connectivity index (χ2n) is 7.46. The minimum absolute atomic E-state index is 0.